The van der Waals surface area contributed by atoms with Crippen molar-refractivity contribution in [1.29, 1.82) is 0 Å². The Morgan fingerprint density at radius 3 is 2.90 bits per heavy atom. The Kier molecular flexibility index (Phi) is 4.50. The molecule has 0 saturated heterocycles. The number of hydrogen-bond acceptors (Lipinski definition) is 8. The second kappa shape index (κ2) is 7.35. The van der Waals surface area contributed by atoms with E-state index >= 15 is 0 Å². The van der Waals surface area contributed by atoms with Crippen molar-refractivity contribution in [3.63, 3.8) is 0 Å². The summed E-state index contributed by atoms with van der Waals surface area (Å²) in [5, 5.41) is 18.2. The third-order valence-corrected chi connectivity index (χ3v) is 4.98. The second-order valence-corrected chi connectivity index (χ2v) is 7.65. The molecule has 1 fully saturated rings. The van der Waals surface area contributed by atoms with E-state index in [1.807, 2.05) is 26.0 Å². The molecule has 1 unspecified atom stereocenters. The van der Waals surface area contributed by atoms with Gasteiger partial charge in [-0.2, -0.15) is 19.6 Å². The molecule has 31 heavy (non-hydrogen) atoms. The number of nitrogens with one attached hydrogen (secondary N) is 3. The summed E-state index contributed by atoms with van der Waals surface area (Å²) >= 11 is 0. The van der Waals surface area contributed by atoms with Gasteiger partial charge >= 0.3 is 5.69 Å². The van der Waals surface area contributed by atoms with Crippen molar-refractivity contribution in [2.24, 2.45) is 4.99 Å². The fraction of sp³-hybridized carbons (Fsp3) is 0.300. The fourth-order valence-corrected chi connectivity index (χ4v) is 3.21. The lowest BCUT2D eigenvalue weighted by Gasteiger charge is -2.13. The average molecular weight is 419 g/mol. The summed E-state index contributed by atoms with van der Waals surface area (Å²) in [4.78, 5) is 34.5. The van der Waals surface area contributed by atoms with Crippen LogP contribution in [0.2, 0.25) is 0 Å². The van der Waals surface area contributed by atoms with Gasteiger partial charge in [0.25, 0.3) is 5.62 Å². The van der Waals surface area contributed by atoms with Crippen molar-refractivity contribution in [3.05, 3.63) is 62.8 Å². The number of rotatable bonds is 5. The van der Waals surface area contributed by atoms with E-state index in [9.17, 15) is 9.90 Å². The normalized spacial score (nSPS) is 16.2. The van der Waals surface area contributed by atoms with E-state index in [0.29, 0.717) is 22.4 Å². The lowest BCUT2D eigenvalue weighted by atomic mass is 10.1. The highest BCUT2D eigenvalue weighted by atomic mass is 16.3. The molecule has 0 bridgehead atoms. The third-order valence-electron chi connectivity index (χ3n) is 4.98. The quantitative estimate of drug-likeness (QED) is 0.364. The molecule has 0 spiro atoms. The molecule has 0 radical (unpaired) electrons. The first-order valence-corrected chi connectivity index (χ1v) is 9.98. The molecule has 4 aromatic rings. The van der Waals surface area contributed by atoms with Crippen LogP contribution in [0.25, 0.3) is 11.7 Å². The molecule has 11 heteroatoms. The lowest BCUT2D eigenvalue weighted by molar-refractivity contribution is 0.454. The van der Waals surface area contributed by atoms with Crippen LogP contribution in [0.5, 0.6) is 5.88 Å². The molecular formula is C20H21N9O2. The maximum atomic E-state index is 11.5. The molecule has 158 valence electrons. The number of imidazole rings is 1. The maximum Gasteiger partial charge on any atom is 0.326 e. The summed E-state index contributed by atoms with van der Waals surface area (Å²) in [6.07, 6.45) is 7.01. The molecular weight excluding hydrogens is 398 g/mol. The Bertz CT molecular complexity index is 1450. The molecule has 4 aromatic heterocycles. The molecule has 1 saturated carbocycles. The Morgan fingerprint density at radius 1 is 1.35 bits per heavy atom. The van der Waals surface area contributed by atoms with Gasteiger partial charge in [-0.3, -0.25) is 9.97 Å². The highest BCUT2D eigenvalue weighted by molar-refractivity contribution is 5.57. The van der Waals surface area contributed by atoms with Gasteiger partial charge in [0.2, 0.25) is 11.8 Å². The van der Waals surface area contributed by atoms with Gasteiger partial charge in [0.05, 0.1) is 24.0 Å². The molecule has 0 amide bonds. The number of aromatic amines is 2. The minimum Gasteiger partial charge on any atom is -0.493 e. The fourth-order valence-electron chi connectivity index (χ4n) is 3.21. The van der Waals surface area contributed by atoms with Crippen LogP contribution in [-0.2, 0) is 0 Å². The Hall–Kier alpha value is -4.02. The zero-order valence-corrected chi connectivity index (χ0v) is 17.0. The van der Waals surface area contributed by atoms with Crippen LogP contribution in [0, 0.1) is 6.92 Å². The van der Waals surface area contributed by atoms with Gasteiger partial charge in [0.1, 0.15) is 5.69 Å². The molecule has 11 nitrogen and oxygen atoms in total. The predicted molar refractivity (Wildman–Crippen MR) is 112 cm³/mol. The summed E-state index contributed by atoms with van der Waals surface area (Å²) in [6.45, 7) is 4.00. The van der Waals surface area contributed by atoms with Crippen LogP contribution >= 0.6 is 0 Å². The topological polar surface area (TPSA) is 149 Å². The minimum atomic E-state index is -0.499. The van der Waals surface area contributed by atoms with Crippen molar-refractivity contribution >= 4 is 17.7 Å². The number of nitrogens with zero attached hydrogens (tertiary/aromatic N) is 6. The summed E-state index contributed by atoms with van der Waals surface area (Å²) in [7, 11) is 0. The molecule has 1 atom stereocenters. The highest BCUT2D eigenvalue weighted by Gasteiger charge is 2.21. The number of aromatic nitrogens is 7. The smallest absolute Gasteiger partial charge is 0.326 e. The number of hydrogen-bond donors (Lipinski definition) is 4. The standard InChI is InChI=1S/C20H21N9O2/c1-10-5-6-21-14(7-10)11(2)23-18-26-16-12(8-15-17(30)27-20(31)25-15)9-22-29(16)19(28-18)24-13-3-4-13/h5-9,11,13,30H,3-4H2,1-2H3,(H,23,24,28)(H2,25,27,31). The van der Waals surface area contributed by atoms with E-state index in [0.717, 1.165) is 24.1 Å². The van der Waals surface area contributed by atoms with Crippen LogP contribution in [0.4, 0.5) is 5.95 Å². The highest BCUT2D eigenvalue weighted by Crippen LogP contribution is 2.22. The van der Waals surface area contributed by atoms with Gasteiger partial charge in [-0.1, -0.05) is 0 Å². The second-order valence-electron chi connectivity index (χ2n) is 7.65. The summed E-state index contributed by atoms with van der Waals surface area (Å²) in [5.74, 6) is 0.142. The van der Waals surface area contributed by atoms with Crippen LogP contribution < -0.4 is 21.8 Å². The van der Waals surface area contributed by atoms with Crippen molar-refractivity contribution in [3.8, 4) is 5.88 Å². The van der Waals surface area contributed by atoms with Gasteiger partial charge in [-0.25, -0.2) is 9.79 Å². The molecule has 1 aliphatic carbocycles. The summed E-state index contributed by atoms with van der Waals surface area (Å²) < 4.78 is 1.56. The zero-order valence-electron chi connectivity index (χ0n) is 17.0. The summed E-state index contributed by atoms with van der Waals surface area (Å²) in [6, 6.07) is 4.06. The Morgan fingerprint density at radius 2 is 2.19 bits per heavy atom. The third kappa shape index (κ3) is 3.89. The number of fused-ring (bicyclic) bond motifs is 1. The van der Waals surface area contributed by atoms with Crippen LogP contribution in [0.1, 0.15) is 42.8 Å². The van der Waals surface area contributed by atoms with Gasteiger partial charge in [0, 0.05) is 11.4 Å². The van der Waals surface area contributed by atoms with Gasteiger partial charge < -0.3 is 15.4 Å². The average Bonchev–Trinajstić information content (AvgIpc) is 3.37. The predicted octanol–water partition coefficient (Wildman–Crippen LogP) is 0.334. The van der Waals surface area contributed by atoms with E-state index in [2.05, 4.69) is 40.3 Å². The van der Waals surface area contributed by atoms with E-state index in [1.54, 1.807) is 23.0 Å². The molecule has 4 N–H and O–H groups in total. The maximum absolute atomic E-state index is 11.5. The van der Waals surface area contributed by atoms with Gasteiger partial charge in [-0.05, 0) is 50.5 Å². The van der Waals surface area contributed by atoms with E-state index in [1.165, 1.54) is 0 Å². The van der Waals surface area contributed by atoms with Gasteiger partial charge in [0.15, 0.2) is 5.65 Å². The molecule has 5 rings (SSSR count). The van der Waals surface area contributed by atoms with Crippen molar-refractivity contribution in [2.75, 3.05) is 5.32 Å². The molecule has 0 aliphatic heterocycles. The summed E-state index contributed by atoms with van der Waals surface area (Å²) in [5.41, 5.74) is 2.69. The molecule has 0 aromatic carbocycles. The lowest BCUT2D eigenvalue weighted by Crippen LogP contribution is -2.25. The number of aromatic hydroxyl groups is 1. The van der Waals surface area contributed by atoms with Crippen LogP contribution in [0.15, 0.2) is 34.3 Å². The van der Waals surface area contributed by atoms with E-state index in [4.69, 9.17) is 0 Å². The number of anilines is 1. The Labute approximate surface area is 175 Å². The monoisotopic (exact) mass is 419 g/mol. The largest absolute Gasteiger partial charge is 0.493 e. The Balaban J connectivity index is 1.62. The SMILES string of the molecule is Cc1ccnc(C(C)Nc2nc(=NC3CC3)n3ncc(=Cc4[nH]c(=O)[nH]c4O)c3n2)c1. The van der Waals surface area contributed by atoms with E-state index in [-0.39, 0.29) is 23.7 Å². The van der Waals surface area contributed by atoms with Crippen molar-refractivity contribution in [2.45, 2.75) is 38.8 Å². The number of aryl methyl sites for hydroxylation is 1. The van der Waals surface area contributed by atoms with Gasteiger partial charge in [-0.15, -0.1) is 0 Å². The van der Waals surface area contributed by atoms with Crippen LogP contribution in [-0.4, -0.2) is 45.7 Å². The number of H-pyrrole nitrogens is 2. The van der Waals surface area contributed by atoms with Crippen LogP contribution in [0.3, 0.4) is 0 Å². The first-order valence-electron chi connectivity index (χ1n) is 9.98. The minimum absolute atomic E-state index is 0.128. The molecule has 4 heterocycles. The molecule has 1 aliphatic rings. The van der Waals surface area contributed by atoms with Crippen molar-refractivity contribution in [1.82, 2.24) is 34.5 Å². The first kappa shape index (κ1) is 19.0. The number of pyridine rings is 1. The van der Waals surface area contributed by atoms with E-state index < -0.39 is 5.69 Å². The zero-order chi connectivity index (χ0) is 21.5. The van der Waals surface area contributed by atoms with Crippen molar-refractivity contribution < 1.29 is 5.11 Å². The first-order chi connectivity index (χ1) is 15.0.